The predicted octanol–water partition coefficient (Wildman–Crippen LogP) is 1.88. The summed E-state index contributed by atoms with van der Waals surface area (Å²) in [5.41, 5.74) is 0. The maximum absolute atomic E-state index is 3.78. The second kappa shape index (κ2) is 7.02. The van der Waals surface area contributed by atoms with Crippen LogP contribution >= 0.6 is 0 Å². The van der Waals surface area contributed by atoms with Crippen molar-refractivity contribution in [3.63, 3.8) is 0 Å². The van der Waals surface area contributed by atoms with Crippen molar-refractivity contribution in [2.75, 3.05) is 32.7 Å². The van der Waals surface area contributed by atoms with Gasteiger partial charge in [0.05, 0.1) is 0 Å². The standard InChI is InChI=1S/C12H24N2/c1-3-7-13-11-12-5-9-14(8-4-2)10-6-12/h4,12-13H,2-3,5-11H2,1H3. The lowest BCUT2D eigenvalue weighted by Crippen LogP contribution is -2.37. The Morgan fingerprint density at radius 1 is 1.43 bits per heavy atom. The molecule has 2 nitrogen and oxygen atoms in total. The SMILES string of the molecule is C=CCN1CCC(CNCCC)CC1. The molecule has 82 valence electrons. The van der Waals surface area contributed by atoms with Crippen LogP contribution in [0.1, 0.15) is 26.2 Å². The lowest BCUT2D eigenvalue weighted by molar-refractivity contribution is 0.198. The molecule has 14 heavy (non-hydrogen) atoms. The van der Waals surface area contributed by atoms with Gasteiger partial charge in [0.1, 0.15) is 0 Å². The molecule has 1 fully saturated rings. The van der Waals surface area contributed by atoms with Crippen LogP contribution in [0.3, 0.4) is 0 Å². The Labute approximate surface area is 88.4 Å². The van der Waals surface area contributed by atoms with E-state index in [9.17, 15) is 0 Å². The summed E-state index contributed by atoms with van der Waals surface area (Å²) in [5.74, 6) is 0.905. The summed E-state index contributed by atoms with van der Waals surface area (Å²) >= 11 is 0. The quantitative estimate of drug-likeness (QED) is 0.515. The molecule has 0 unspecified atom stereocenters. The van der Waals surface area contributed by atoms with Gasteiger partial charge in [-0.15, -0.1) is 6.58 Å². The second-order valence-corrected chi connectivity index (χ2v) is 4.24. The molecule has 0 amide bonds. The second-order valence-electron chi connectivity index (χ2n) is 4.24. The molecule has 0 aromatic rings. The van der Waals surface area contributed by atoms with Gasteiger partial charge in [0.15, 0.2) is 0 Å². The average molecular weight is 196 g/mol. The van der Waals surface area contributed by atoms with E-state index < -0.39 is 0 Å². The van der Waals surface area contributed by atoms with E-state index in [1.54, 1.807) is 0 Å². The Bertz CT molecular complexity index is 148. The molecule has 0 spiro atoms. The van der Waals surface area contributed by atoms with Gasteiger partial charge in [-0.25, -0.2) is 0 Å². The number of hydrogen-bond acceptors (Lipinski definition) is 2. The monoisotopic (exact) mass is 196 g/mol. The molecule has 1 rings (SSSR count). The molecule has 0 aromatic heterocycles. The Morgan fingerprint density at radius 2 is 2.14 bits per heavy atom. The smallest absolute Gasteiger partial charge is 0.0160 e. The molecule has 1 aliphatic rings. The van der Waals surface area contributed by atoms with Gasteiger partial charge in [0.25, 0.3) is 0 Å². The van der Waals surface area contributed by atoms with E-state index >= 15 is 0 Å². The first kappa shape index (κ1) is 11.7. The predicted molar refractivity (Wildman–Crippen MR) is 62.5 cm³/mol. The summed E-state index contributed by atoms with van der Waals surface area (Å²) in [5, 5.41) is 3.51. The van der Waals surface area contributed by atoms with E-state index in [0.29, 0.717) is 0 Å². The van der Waals surface area contributed by atoms with E-state index in [1.807, 2.05) is 6.08 Å². The van der Waals surface area contributed by atoms with Gasteiger partial charge in [0, 0.05) is 6.54 Å². The molecule has 0 radical (unpaired) electrons. The highest BCUT2D eigenvalue weighted by Crippen LogP contribution is 2.15. The van der Waals surface area contributed by atoms with Crippen molar-refractivity contribution < 1.29 is 0 Å². The normalized spacial score (nSPS) is 19.8. The molecule has 1 heterocycles. The minimum absolute atomic E-state index is 0.905. The Morgan fingerprint density at radius 3 is 2.71 bits per heavy atom. The molecule has 1 saturated heterocycles. The average Bonchev–Trinajstić information content (AvgIpc) is 2.21. The third-order valence-electron chi connectivity index (χ3n) is 2.95. The number of likely N-dealkylation sites (tertiary alicyclic amines) is 1. The van der Waals surface area contributed by atoms with Crippen LogP contribution in [0.2, 0.25) is 0 Å². The van der Waals surface area contributed by atoms with E-state index in [2.05, 4.69) is 23.7 Å². The van der Waals surface area contributed by atoms with Gasteiger partial charge in [0.2, 0.25) is 0 Å². The van der Waals surface area contributed by atoms with Gasteiger partial charge in [-0.2, -0.15) is 0 Å². The maximum atomic E-state index is 3.78. The fraction of sp³-hybridized carbons (Fsp3) is 0.833. The van der Waals surface area contributed by atoms with Gasteiger partial charge in [-0.3, -0.25) is 4.90 Å². The first-order valence-corrected chi connectivity index (χ1v) is 5.90. The van der Waals surface area contributed by atoms with Crippen molar-refractivity contribution in [1.29, 1.82) is 0 Å². The molecule has 0 atom stereocenters. The van der Waals surface area contributed by atoms with E-state index in [4.69, 9.17) is 0 Å². The molecule has 0 saturated carbocycles. The van der Waals surface area contributed by atoms with Crippen LogP contribution in [0.4, 0.5) is 0 Å². The van der Waals surface area contributed by atoms with Gasteiger partial charge >= 0.3 is 0 Å². The van der Waals surface area contributed by atoms with Crippen LogP contribution in [-0.2, 0) is 0 Å². The summed E-state index contributed by atoms with van der Waals surface area (Å²) in [6, 6.07) is 0. The lowest BCUT2D eigenvalue weighted by Gasteiger charge is -2.31. The zero-order valence-electron chi connectivity index (χ0n) is 9.47. The fourth-order valence-electron chi connectivity index (χ4n) is 2.04. The number of nitrogens with zero attached hydrogens (tertiary/aromatic N) is 1. The van der Waals surface area contributed by atoms with Crippen molar-refractivity contribution in [2.24, 2.45) is 5.92 Å². The molecule has 1 aliphatic heterocycles. The largest absolute Gasteiger partial charge is 0.316 e. The number of rotatable bonds is 6. The summed E-state index contributed by atoms with van der Waals surface area (Å²) in [6.07, 6.45) is 5.96. The highest BCUT2D eigenvalue weighted by molar-refractivity contribution is 4.79. The van der Waals surface area contributed by atoms with Crippen molar-refractivity contribution in [2.45, 2.75) is 26.2 Å². The molecular weight excluding hydrogens is 172 g/mol. The Balaban J connectivity index is 2.06. The molecule has 0 bridgehead atoms. The van der Waals surface area contributed by atoms with E-state index in [-0.39, 0.29) is 0 Å². The van der Waals surface area contributed by atoms with Crippen LogP contribution in [0, 0.1) is 5.92 Å². The summed E-state index contributed by atoms with van der Waals surface area (Å²) in [6.45, 7) is 12.0. The van der Waals surface area contributed by atoms with E-state index in [0.717, 1.165) is 12.5 Å². The fourth-order valence-corrected chi connectivity index (χ4v) is 2.04. The maximum Gasteiger partial charge on any atom is 0.0160 e. The van der Waals surface area contributed by atoms with Crippen LogP contribution in [-0.4, -0.2) is 37.6 Å². The molecule has 0 aliphatic carbocycles. The van der Waals surface area contributed by atoms with Crippen molar-refractivity contribution in [3.05, 3.63) is 12.7 Å². The zero-order valence-corrected chi connectivity index (χ0v) is 9.47. The molecule has 0 aromatic carbocycles. The summed E-state index contributed by atoms with van der Waals surface area (Å²) < 4.78 is 0. The molecule has 1 N–H and O–H groups in total. The minimum Gasteiger partial charge on any atom is -0.316 e. The van der Waals surface area contributed by atoms with Gasteiger partial charge in [-0.1, -0.05) is 13.0 Å². The van der Waals surface area contributed by atoms with Crippen LogP contribution in [0.5, 0.6) is 0 Å². The number of hydrogen-bond donors (Lipinski definition) is 1. The zero-order chi connectivity index (χ0) is 10.2. The third-order valence-corrected chi connectivity index (χ3v) is 2.95. The van der Waals surface area contributed by atoms with Crippen molar-refractivity contribution in [3.8, 4) is 0 Å². The topological polar surface area (TPSA) is 15.3 Å². The molecular formula is C12H24N2. The summed E-state index contributed by atoms with van der Waals surface area (Å²) in [4.78, 5) is 2.49. The van der Waals surface area contributed by atoms with Crippen LogP contribution in [0.25, 0.3) is 0 Å². The van der Waals surface area contributed by atoms with Gasteiger partial charge < -0.3 is 5.32 Å². The summed E-state index contributed by atoms with van der Waals surface area (Å²) in [7, 11) is 0. The van der Waals surface area contributed by atoms with Gasteiger partial charge in [-0.05, 0) is 51.4 Å². The minimum atomic E-state index is 0.905. The Hall–Kier alpha value is -0.340. The Kier molecular flexibility index (Phi) is 5.88. The van der Waals surface area contributed by atoms with Crippen molar-refractivity contribution >= 4 is 0 Å². The molecule has 2 heteroatoms. The highest BCUT2D eigenvalue weighted by Gasteiger charge is 2.17. The lowest BCUT2D eigenvalue weighted by atomic mass is 9.97. The number of nitrogens with one attached hydrogen (secondary N) is 1. The first-order valence-electron chi connectivity index (χ1n) is 5.90. The number of piperidine rings is 1. The van der Waals surface area contributed by atoms with Crippen LogP contribution < -0.4 is 5.32 Å². The first-order chi connectivity index (χ1) is 6.86. The highest BCUT2D eigenvalue weighted by atomic mass is 15.1. The van der Waals surface area contributed by atoms with E-state index in [1.165, 1.54) is 45.4 Å². The van der Waals surface area contributed by atoms with Crippen molar-refractivity contribution in [1.82, 2.24) is 10.2 Å². The van der Waals surface area contributed by atoms with Crippen LogP contribution in [0.15, 0.2) is 12.7 Å². The third kappa shape index (κ3) is 4.25.